The third kappa shape index (κ3) is 1.92. The van der Waals surface area contributed by atoms with Crippen LogP contribution in [0.5, 0.6) is 0 Å². The zero-order chi connectivity index (χ0) is 12.5. The molecule has 1 aromatic rings. The summed E-state index contributed by atoms with van der Waals surface area (Å²) in [5.41, 5.74) is 0.652. The molecular weight excluding hydrogens is 232 g/mol. The predicted molar refractivity (Wildman–Crippen MR) is 67.6 cm³/mol. The van der Waals surface area contributed by atoms with Crippen molar-refractivity contribution in [2.75, 3.05) is 24.5 Å². The molecule has 0 spiro atoms. The maximum Gasteiger partial charge on any atom is 0.387 e. The lowest BCUT2D eigenvalue weighted by atomic mass is 9.94. The predicted octanol–water partition coefficient (Wildman–Crippen LogP) is 1.18. The second-order valence-corrected chi connectivity index (χ2v) is 4.97. The van der Waals surface area contributed by atoms with Crippen LogP contribution in [-0.4, -0.2) is 35.6 Å². The highest BCUT2D eigenvalue weighted by Gasteiger charge is 2.36. The van der Waals surface area contributed by atoms with Gasteiger partial charge in [-0.1, -0.05) is 0 Å². The number of hydrogen-bond acceptors (Lipinski definition) is 5. The summed E-state index contributed by atoms with van der Waals surface area (Å²) in [6.07, 6.45) is 3.88. The lowest BCUT2D eigenvalue weighted by Gasteiger charge is -2.24. The second kappa shape index (κ2) is 4.53. The fraction of sp³-hybridized carbons (Fsp3) is 0.583. The highest BCUT2D eigenvalue weighted by molar-refractivity contribution is 5.59. The van der Waals surface area contributed by atoms with Crippen molar-refractivity contribution in [3.63, 3.8) is 0 Å². The highest BCUT2D eigenvalue weighted by atomic mass is 16.6. The molecule has 2 fully saturated rings. The normalized spacial score (nSPS) is 27.0. The molecule has 6 nitrogen and oxygen atoms in total. The van der Waals surface area contributed by atoms with Crippen LogP contribution < -0.4 is 10.2 Å². The Balaban J connectivity index is 1.85. The van der Waals surface area contributed by atoms with Gasteiger partial charge >= 0.3 is 5.82 Å². The molecule has 0 bridgehead atoms. The zero-order valence-electron chi connectivity index (χ0n) is 10.1. The lowest BCUT2D eigenvalue weighted by Crippen LogP contribution is -2.40. The van der Waals surface area contributed by atoms with Gasteiger partial charge in [0.25, 0.3) is 0 Å². The van der Waals surface area contributed by atoms with E-state index < -0.39 is 4.92 Å². The second-order valence-electron chi connectivity index (χ2n) is 4.97. The summed E-state index contributed by atoms with van der Waals surface area (Å²) < 4.78 is 0. The fourth-order valence-electron chi connectivity index (χ4n) is 3.02. The largest absolute Gasteiger partial charge is 0.387 e. The molecular formula is C12H16N4O2. The van der Waals surface area contributed by atoms with Crippen LogP contribution in [0.15, 0.2) is 18.3 Å². The minimum Gasteiger partial charge on any atom is -0.363 e. The molecule has 2 unspecified atom stereocenters. The number of nitro groups is 1. The molecule has 6 heteroatoms. The van der Waals surface area contributed by atoms with Gasteiger partial charge in [0.05, 0.1) is 0 Å². The first-order chi connectivity index (χ1) is 8.75. The molecule has 96 valence electrons. The van der Waals surface area contributed by atoms with Crippen molar-refractivity contribution in [3.05, 3.63) is 28.4 Å². The maximum absolute atomic E-state index is 11.0. The van der Waals surface area contributed by atoms with E-state index in [1.54, 1.807) is 12.1 Å². The van der Waals surface area contributed by atoms with Gasteiger partial charge in [-0.25, -0.2) is 0 Å². The van der Waals surface area contributed by atoms with Crippen molar-refractivity contribution < 1.29 is 4.92 Å². The Morgan fingerprint density at radius 2 is 2.39 bits per heavy atom. The number of hydrogen-bond donors (Lipinski definition) is 1. The number of aromatic nitrogens is 1. The summed E-state index contributed by atoms with van der Waals surface area (Å²) in [6.45, 7) is 2.80. The summed E-state index contributed by atoms with van der Waals surface area (Å²) in [4.78, 5) is 16.6. The third-order valence-electron chi connectivity index (χ3n) is 3.88. The summed E-state index contributed by atoms with van der Waals surface area (Å²) in [6, 6.07) is 4.03. The average Bonchev–Trinajstić information content (AvgIpc) is 2.82. The van der Waals surface area contributed by atoms with Gasteiger partial charge in [-0.3, -0.25) is 0 Å². The molecule has 2 aliphatic heterocycles. The number of rotatable bonds is 2. The van der Waals surface area contributed by atoms with Gasteiger partial charge in [0.2, 0.25) is 0 Å². The van der Waals surface area contributed by atoms with E-state index in [1.807, 2.05) is 0 Å². The molecule has 2 saturated heterocycles. The molecule has 3 rings (SSSR count). The molecule has 3 heterocycles. The first-order valence-electron chi connectivity index (χ1n) is 6.33. The maximum atomic E-state index is 11.0. The first kappa shape index (κ1) is 11.4. The summed E-state index contributed by atoms with van der Waals surface area (Å²) in [5, 5.41) is 14.5. The van der Waals surface area contributed by atoms with Gasteiger partial charge in [-0.15, -0.1) is 0 Å². The lowest BCUT2D eigenvalue weighted by molar-refractivity contribution is -0.388. The molecule has 0 aromatic carbocycles. The van der Waals surface area contributed by atoms with Crippen molar-refractivity contribution in [2.24, 2.45) is 5.92 Å². The molecule has 2 atom stereocenters. The van der Waals surface area contributed by atoms with Crippen molar-refractivity contribution in [3.8, 4) is 0 Å². The number of fused-ring (bicyclic) bond motifs is 1. The standard InChI is InChI=1S/C12H16N4O2/c17-16(18)12-11(4-2-6-14-12)15-7-9-3-1-5-13-10(9)8-15/h2,4,6,9-10,13H,1,3,5,7-8H2. The zero-order valence-corrected chi connectivity index (χ0v) is 10.1. The van der Waals surface area contributed by atoms with Gasteiger partial charge in [0, 0.05) is 19.1 Å². The molecule has 0 radical (unpaired) electrons. The van der Waals surface area contributed by atoms with Gasteiger partial charge in [-0.05, 0) is 47.3 Å². The Kier molecular flexibility index (Phi) is 2.87. The molecule has 0 aliphatic carbocycles. The number of piperidine rings is 1. The van der Waals surface area contributed by atoms with Crippen molar-refractivity contribution in [1.29, 1.82) is 0 Å². The Morgan fingerprint density at radius 3 is 3.17 bits per heavy atom. The van der Waals surface area contributed by atoms with E-state index in [1.165, 1.54) is 19.0 Å². The van der Waals surface area contributed by atoms with Crippen LogP contribution in [0.3, 0.4) is 0 Å². The van der Waals surface area contributed by atoms with Gasteiger partial charge in [0.15, 0.2) is 0 Å². The minimum atomic E-state index is -0.398. The quantitative estimate of drug-likeness (QED) is 0.628. The average molecular weight is 248 g/mol. The van der Waals surface area contributed by atoms with E-state index in [0.717, 1.165) is 19.6 Å². The summed E-state index contributed by atoms with van der Waals surface area (Å²) in [5.74, 6) is 0.578. The third-order valence-corrected chi connectivity index (χ3v) is 3.88. The van der Waals surface area contributed by atoms with E-state index in [2.05, 4.69) is 15.2 Å². The van der Waals surface area contributed by atoms with Gasteiger partial charge in [0.1, 0.15) is 11.9 Å². The van der Waals surface area contributed by atoms with E-state index in [0.29, 0.717) is 17.6 Å². The van der Waals surface area contributed by atoms with Crippen molar-refractivity contribution in [1.82, 2.24) is 10.3 Å². The fourth-order valence-corrected chi connectivity index (χ4v) is 3.02. The number of pyridine rings is 1. The SMILES string of the molecule is O=[N+]([O-])c1ncccc1N1CC2CCCNC2C1. The molecule has 18 heavy (non-hydrogen) atoms. The molecule has 0 amide bonds. The van der Waals surface area contributed by atoms with E-state index in [9.17, 15) is 10.1 Å². The molecule has 1 N–H and O–H groups in total. The van der Waals surface area contributed by atoms with E-state index in [4.69, 9.17) is 0 Å². The smallest absolute Gasteiger partial charge is 0.363 e. The summed E-state index contributed by atoms with van der Waals surface area (Å²) >= 11 is 0. The van der Waals surface area contributed by atoms with Crippen molar-refractivity contribution in [2.45, 2.75) is 18.9 Å². The number of nitrogens with zero attached hydrogens (tertiary/aromatic N) is 3. The Bertz CT molecular complexity index is 451. The summed E-state index contributed by atoms with van der Waals surface area (Å²) in [7, 11) is 0. The van der Waals surface area contributed by atoms with Gasteiger partial charge in [-0.2, -0.15) is 0 Å². The Labute approximate surface area is 105 Å². The van der Waals surface area contributed by atoms with Crippen LogP contribution in [0.1, 0.15) is 12.8 Å². The number of nitrogens with one attached hydrogen (secondary N) is 1. The van der Waals surface area contributed by atoms with Crippen LogP contribution >= 0.6 is 0 Å². The van der Waals surface area contributed by atoms with Crippen LogP contribution in [-0.2, 0) is 0 Å². The van der Waals surface area contributed by atoms with Crippen LogP contribution in [0.25, 0.3) is 0 Å². The molecule has 1 aromatic heterocycles. The highest BCUT2D eigenvalue weighted by Crippen LogP contribution is 2.32. The topological polar surface area (TPSA) is 71.3 Å². The van der Waals surface area contributed by atoms with Crippen LogP contribution in [0.2, 0.25) is 0 Å². The minimum absolute atomic E-state index is 0.0313. The van der Waals surface area contributed by atoms with Gasteiger partial charge < -0.3 is 20.3 Å². The number of anilines is 1. The Hall–Kier alpha value is -1.69. The van der Waals surface area contributed by atoms with Crippen molar-refractivity contribution >= 4 is 11.5 Å². The van der Waals surface area contributed by atoms with E-state index in [-0.39, 0.29) is 5.82 Å². The first-order valence-corrected chi connectivity index (χ1v) is 6.33. The molecule has 2 aliphatic rings. The Morgan fingerprint density at radius 1 is 1.50 bits per heavy atom. The van der Waals surface area contributed by atoms with E-state index >= 15 is 0 Å². The molecule has 0 saturated carbocycles. The van der Waals surface area contributed by atoms with Crippen LogP contribution in [0.4, 0.5) is 11.5 Å². The van der Waals surface area contributed by atoms with Crippen LogP contribution in [0, 0.1) is 16.0 Å². The monoisotopic (exact) mass is 248 g/mol.